The minimum Gasteiger partial charge on any atom is -0.481 e. The second-order valence-corrected chi connectivity index (χ2v) is 6.37. The zero-order valence-electron chi connectivity index (χ0n) is 11.3. The van der Waals surface area contributed by atoms with Gasteiger partial charge in [0, 0.05) is 13.1 Å². The van der Waals surface area contributed by atoms with Crippen molar-refractivity contribution < 1.29 is 14.7 Å². The van der Waals surface area contributed by atoms with Crippen LogP contribution in [0.4, 0.5) is 0 Å². The molecule has 2 aliphatic carbocycles. The van der Waals surface area contributed by atoms with Gasteiger partial charge in [-0.1, -0.05) is 19.1 Å². The van der Waals surface area contributed by atoms with Crippen LogP contribution < -0.4 is 0 Å². The zero-order valence-corrected chi connectivity index (χ0v) is 11.3. The monoisotopic (exact) mass is 263 g/mol. The smallest absolute Gasteiger partial charge is 0.307 e. The van der Waals surface area contributed by atoms with Crippen molar-refractivity contribution in [3.8, 4) is 0 Å². The summed E-state index contributed by atoms with van der Waals surface area (Å²) in [7, 11) is 0. The van der Waals surface area contributed by atoms with Crippen molar-refractivity contribution in [2.24, 2.45) is 29.6 Å². The highest BCUT2D eigenvalue weighted by Gasteiger charge is 2.52. The predicted octanol–water partition coefficient (Wildman–Crippen LogP) is 1.77. The van der Waals surface area contributed by atoms with Crippen LogP contribution >= 0.6 is 0 Å². The van der Waals surface area contributed by atoms with Crippen molar-refractivity contribution >= 4 is 11.9 Å². The average molecular weight is 263 g/mol. The van der Waals surface area contributed by atoms with Gasteiger partial charge in [0.1, 0.15) is 0 Å². The molecule has 4 nitrogen and oxygen atoms in total. The Balaban J connectivity index is 1.78. The van der Waals surface area contributed by atoms with E-state index < -0.39 is 11.9 Å². The Labute approximate surface area is 113 Å². The molecule has 1 aliphatic heterocycles. The highest BCUT2D eigenvalue weighted by molar-refractivity contribution is 5.87. The Morgan fingerprint density at radius 2 is 1.89 bits per heavy atom. The van der Waals surface area contributed by atoms with E-state index in [1.807, 2.05) is 11.0 Å². The number of hydrogen-bond acceptors (Lipinski definition) is 2. The quantitative estimate of drug-likeness (QED) is 0.772. The standard InChI is InChI=1S/C15H21NO3/c1-9-3-2-6-16(8-9)14(17)12-10-4-5-11(7-10)13(12)15(18)19/h4-5,9-13H,2-3,6-8H2,1H3,(H,18,19). The van der Waals surface area contributed by atoms with Crippen molar-refractivity contribution in [2.45, 2.75) is 26.2 Å². The minimum absolute atomic E-state index is 0.0682. The first-order valence-corrected chi connectivity index (χ1v) is 7.28. The van der Waals surface area contributed by atoms with Crippen molar-refractivity contribution in [2.75, 3.05) is 13.1 Å². The Bertz CT molecular complexity index is 431. The van der Waals surface area contributed by atoms with Gasteiger partial charge in [-0.3, -0.25) is 9.59 Å². The summed E-state index contributed by atoms with van der Waals surface area (Å²) in [5.41, 5.74) is 0. The van der Waals surface area contributed by atoms with Crippen LogP contribution in [0.2, 0.25) is 0 Å². The number of piperidine rings is 1. The third-order valence-corrected chi connectivity index (χ3v) is 5.00. The SMILES string of the molecule is CC1CCCN(C(=O)C2C3C=CC(C3)C2C(=O)O)C1. The fraction of sp³-hybridized carbons (Fsp3) is 0.733. The molecule has 5 atom stereocenters. The molecule has 3 rings (SSSR count). The number of carboxylic acid groups (broad SMARTS) is 1. The summed E-state index contributed by atoms with van der Waals surface area (Å²) in [6.45, 7) is 3.75. The maximum absolute atomic E-state index is 12.7. The van der Waals surface area contributed by atoms with E-state index in [0.717, 1.165) is 25.9 Å². The van der Waals surface area contributed by atoms with Gasteiger partial charge in [-0.25, -0.2) is 0 Å². The van der Waals surface area contributed by atoms with Crippen molar-refractivity contribution in [1.82, 2.24) is 4.90 Å². The van der Waals surface area contributed by atoms with Gasteiger partial charge in [-0.2, -0.15) is 0 Å². The highest BCUT2D eigenvalue weighted by Crippen LogP contribution is 2.49. The molecule has 104 valence electrons. The van der Waals surface area contributed by atoms with Gasteiger partial charge in [0.2, 0.25) is 5.91 Å². The number of carbonyl (C=O) groups excluding carboxylic acids is 1. The summed E-state index contributed by atoms with van der Waals surface area (Å²) in [6, 6.07) is 0. The van der Waals surface area contributed by atoms with Crippen molar-refractivity contribution in [1.29, 1.82) is 0 Å². The van der Waals surface area contributed by atoms with E-state index in [1.54, 1.807) is 0 Å². The number of nitrogens with zero attached hydrogens (tertiary/aromatic N) is 1. The van der Waals surface area contributed by atoms with Crippen LogP contribution in [0, 0.1) is 29.6 Å². The number of carboxylic acids is 1. The van der Waals surface area contributed by atoms with Crippen LogP contribution in [0.15, 0.2) is 12.2 Å². The van der Waals surface area contributed by atoms with Gasteiger partial charge in [0.25, 0.3) is 0 Å². The van der Waals surface area contributed by atoms with Gasteiger partial charge < -0.3 is 10.0 Å². The molecule has 2 bridgehead atoms. The van der Waals surface area contributed by atoms with E-state index >= 15 is 0 Å². The molecule has 5 unspecified atom stereocenters. The van der Waals surface area contributed by atoms with Crippen molar-refractivity contribution in [3.05, 3.63) is 12.2 Å². The van der Waals surface area contributed by atoms with Gasteiger partial charge >= 0.3 is 5.97 Å². The van der Waals surface area contributed by atoms with E-state index in [1.165, 1.54) is 6.42 Å². The van der Waals surface area contributed by atoms with E-state index in [2.05, 4.69) is 13.0 Å². The first-order valence-electron chi connectivity index (χ1n) is 7.28. The fourth-order valence-electron chi connectivity index (χ4n) is 4.10. The molecule has 0 radical (unpaired) electrons. The third-order valence-electron chi connectivity index (χ3n) is 5.00. The number of fused-ring (bicyclic) bond motifs is 2. The van der Waals surface area contributed by atoms with E-state index in [-0.39, 0.29) is 23.7 Å². The fourth-order valence-corrected chi connectivity index (χ4v) is 4.10. The summed E-state index contributed by atoms with van der Waals surface area (Å²) < 4.78 is 0. The molecular formula is C15H21NO3. The largest absolute Gasteiger partial charge is 0.481 e. The molecule has 1 saturated carbocycles. The van der Waals surface area contributed by atoms with E-state index in [9.17, 15) is 14.7 Å². The first-order chi connectivity index (χ1) is 9.08. The lowest BCUT2D eigenvalue weighted by atomic mass is 9.81. The first kappa shape index (κ1) is 12.7. The van der Waals surface area contributed by atoms with Gasteiger partial charge in [0.05, 0.1) is 11.8 Å². The van der Waals surface area contributed by atoms with Crippen LogP contribution in [-0.4, -0.2) is 35.0 Å². The lowest BCUT2D eigenvalue weighted by Crippen LogP contribution is -2.46. The van der Waals surface area contributed by atoms with Crippen LogP contribution in [0.5, 0.6) is 0 Å². The Morgan fingerprint density at radius 1 is 1.21 bits per heavy atom. The van der Waals surface area contributed by atoms with Crippen LogP contribution in [-0.2, 0) is 9.59 Å². The zero-order chi connectivity index (χ0) is 13.6. The van der Waals surface area contributed by atoms with E-state index in [4.69, 9.17) is 0 Å². The second kappa shape index (κ2) is 4.66. The lowest BCUT2D eigenvalue weighted by Gasteiger charge is -2.35. The number of likely N-dealkylation sites (tertiary alicyclic amines) is 1. The molecule has 2 fully saturated rings. The van der Waals surface area contributed by atoms with E-state index in [0.29, 0.717) is 5.92 Å². The third kappa shape index (κ3) is 2.07. The number of amides is 1. The van der Waals surface area contributed by atoms with Gasteiger partial charge in [0.15, 0.2) is 0 Å². The summed E-state index contributed by atoms with van der Waals surface area (Å²) >= 11 is 0. The highest BCUT2D eigenvalue weighted by atomic mass is 16.4. The van der Waals surface area contributed by atoms with Crippen molar-refractivity contribution in [3.63, 3.8) is 0 Å². The Hall–Kier alpha value is -1.32. The number of carbonyl (C=O) groups is 2. The minimum atomic E-state index is -0.805. The summed E-state index contributed by atoms with van der Waals surface area (Å²) in [6.07, 6.45) is 7.10. The number of aliphatic carboxylic acids is 1. The maximum atomic E-state index is 12.7. The van der Waals surface area contributed by atoms with Crippen LogP contribution in [0.25, 0.3) is 0 Å². The predicted molar refractivity (Wildman–Crippen MR) is 70.3 cm³/mol. The molecular weight excluding hydrogens is 242 g/mol. The Morgan fingerprint density at radius 3 is 2.53 bits per heavy atom. The summed E-state index contributed by atoms with van der Waals surface area (Å²) in [4.78, 5) is 26.0. The molecule has 1 saturated heterocycles. The molecule has 0 aromatic carbocycles. The van der Waals surface area contributed by atoms with Gasteiger partial charge in [-0.15, -0.1) is 0 Å². The molecule has 3 aliphatic rings. The maximum Gasteiger partial charge on any atom is 0.307 e. The number of hydrogen-bond donors (Lipinski definition) is 1. The molecule has 0 spiro atoms. The molecule has 19 heavy (non-hydrogen) atoms. The average Bonchev–Trinajstić information content (AvgIpc) is 2.97. The number of allylic oxidation sites excluding steroid dienone is 2. The molecule has 0 aromatic heterocycles. The normalized spacial score (nSPS) is 40.7. The second-order valence-electron chi connectivity index (χ2n) is 6.37. The molecule has 0 aromatic rings. The Kier molecular flexibility index (Phi) is 3.11. The van der Waals surface area contributed by atoms with Crippen LogP contribution in [0.1, 0.15) is 26.2 Å². The number of rotatable bonds is 2. The lowest BCUT2D eigenvalue weighted by molar-refractivity contribution is -0.151. The topological polar surface area (TPSA) is 57.6 Å². The molecule has 4 heteroatoms. The molecule has 1 amide bonds. The summed E-state index contributed by atoms with van der Waals surface area (Å²) in [5, 5.41) is 9.40. The molecule has 1 heterocycles. The van der Waals surface area contributed by atoms with Gasteiger partial charge in [-0.05, 0) is 37.0 Å². The van der Waals surface area contributed by atoms with Crippen LogP contribution in [0.3, 0.4) is 0 Å². The summed E-state index contributed by atoms with van der Waals surface area (Å²) in [5.74, 6) is -0.793. The molecule has 1 N–H and O–H groups in total.